The van der Waals surface area contributed by atoms with Crippen molar-refractivity contribution < 1.29 is 23.7 Å². The number of carbonyl (C=O) groups is 1. The lowest BCUT2D eigenvalue weighted by Crippen LogP contribution is -2.41. The third-order valence-corrected chi connectivity index (χ3v) is 6.09. The summed E-state index contributed by atoms with van der Waals surface area (Å²) in [5, 5.41) is 1.06. The average molecular weight is 451 g/mol. The predicted molar refractivity (Wildman–Crippen MR) is 126 cm³/mol. The van der Waals surface area contributed by atoms with Crippen LogP contribution >= 0.6 is 0 Å². The van der Waals surface area contributed by atoms with E-state index in [4.69, 9.17) is 18.9 Å². The van der Waals surface area contributed by atoms with Gasteiger partial charge >= 0.3 is 0 Å². The molecule has 1 amide bonds. The molecule has 1 saturated heterocycles. The van der Waals surface area contributed by atoms with E-state index < -0.39 is 0 Å². The number of piperidine rings is 1. The van der Waals surface area contributed by atoms with E-state index >= 15 is 0 Å². The molecule has 0 spiro atoms. The van der Waals surface area contributed by atoms with Crippen LogP contribution < -0.4 is 18.9 Å². The molecule has 0 atom stereocenters. The highest BCUT2D eigenvalue weighted by Gasteiger charge is 2.25. The van der Waals surface area contributed by atoms with Gasteiger partial charge in [-0.05, 0) is 18.6 Å². The Kier molecular flexibility index (Phi) is 7.17. The maximum Gasteiger partial charge on any atom is 0.222 e. The number of amides is 1. The van der Waals surface area contributed by atoms with Gasteiger partial charge in [0.1, 0.15) is 34.6 Å². The number of methoxy groups -OCH3 is 3. The predicted octanol–water partition coefficient (Wildman–Crippen LogP) is 4.26. The Morgan fingerprint density at radius 1 is 0.970 bits per heavy atom. The van der Waals surface area contributed by atoms with Gasteiger partial charge in [0.15, 0.2) is 0 Å². The number of likely N-dealkylation sites (tertiary alicyclic amines) is 1. The summed E-state index contributed by atoms with van der Waals surface area (Å²) in [5.74, 6) is 2.91. The van der Waals surface area contributed by atoms with Gasteiger partial charge in [0.25, 0.3) is 0 Å². The van der Waals surface area contributed by atoms with Crippen LogP contribution in [0.5, 0.6) is 23.0 Å². The number of benzene rings is 2. The SMILES string of the molecule is COc1cc(OC)c(CCC(=O)N2CCC(Oc3cccc4cccnc34)CC2)c(OC)c1. The van der Waals surface area contributed by atoms with E-state index in [2.05, 4.69) is 4.98 Å². The van der Waals surface area contributed by atoms with Crippen molar-refractivity contribution in [2.75, 3.05) is 34.4 Å². The molecule has 33 heavy (non-hydrogen) atoms. The first-order chi connectivity index (χ1) is 16.1. The second-order valence-electron chi connectivity index (χ2n) is 8.04. The zero-order valence-electron chi connectivity index (χ0n) is 19.4. The van der Waals surface area contributed by atoms with Crippen LogP contribution in [0.15, 0.2) is 48.7 Å². The van der Waals surface area contributed by atoms with Crippen molar-refractivity contribution in [3.8, 4) is 23.0 Å². The summed E-state index contributed by atoms with van der Waals surface area (Å²) in [7, 11) is 4.81. The van der Waals surface area contributed by atoms with Gasteiger partial charge in [0, 0.05) is 61.6 Å². The molecule has 2 heterocycles. The molecule has 7 heteroatoms. The van der Waals surface area contributed by atoms with Crippen molar-refractivity contribution in [1.29, 1.82) is 0 Å². The molecule has 174 valence electrons. The fraction of sp³-hybridized carbons (Fsp3) is 0.385. The van der Waals surface area contributed by atoms with E-state index in [-0.39, 0.29) is 12.0 Å². The molecule has 1 fully saturated rings. The minimum atomic E-state index is 0.0726. The lowest BCUT2D eigenvalue weighted by Gasteiger charge is -2.32. The zero-order valence-corrected chi connectivity index (χ0v) is 19.4. The lowest BCUT2D eigenvalue weighted by molar-refractivity contribution is -0.132. The van der Waals surface area contributed by atoms with E-state index in [0.29, 0.717) is 43.2 Å². The molecule has 3 aromatic rings. The van der Waals surface area contributed by atoms with Gasteiger partial charge in [-0.2, -0.15) is 0 Å². The summed E-state index contributed by atoms with van der Waals surface area (Å²) in [6.07, 6.45) is 4.37. The molecule has 2 aromatic carbocycles. The van der Waals surface area contributed by atoms with Crippen LogP contribution in [-0.4, -0.2) is 56.3 Å². The summed E-state index contributed by atoms with van der Waals surface area (Å²) >= 11 is 0. The Morgan fingerprint density at radius 2 is 1.67 bits per heavy atom. The molecule has 4 rings (SSSR count). The van der Waals surface area contributed by atoms with Gasteiger partial charge in [-0.1, -0.05) is 18.2 Å². The maximum absolute atomic E-state index is 12.9. The molecule has 0 unspecified atom stereocenters. The number of nitrogens with zero attached hydrogens (tertiary/aromatic N) is 2. The maximum atomic E-state index is 12.9. The summed E-state index contributed by atoms with van der Waals surface area (Å²) in [5.41, 5.74) is 1.75. The Bertz CT molecular complexity index is 1080. The largest absolute Gasteiger partial charge is 0.496 e. The summed E-state index contributed by atoms with van der Waals surface area (Å²) in [6, 6.07) is 13.6. The second kappa shape index (κ2) is 10.4. The molecule has 1 aliphatic rings. The molecule has 0 radical (unpaired) electrons. The molecule has 7 nitrogen and oxygen atoms in total. The highest BCUT2D eigenvalue weighted by molar-refractivity contribution is 5.84. The molecule has 0 bridgehead atoms. The van der Waals surface area contributed by atoms with Crippen molar-refractivity contribution in [3.05, 3.63) is 54.2 Å². The number of hydrogen-bond acceptors (Lipinski definition) is 6. The standard InChI is InChI=1S/C26H30N2O5/c1-30-20-16-23(31-2)21(24(17-20)32-3)9-10-25(29)28-14-11-19(12-15-28)33-22-8-4-6-18-7-5-13-27-26(18)22/h4-8,13,16-17,19H,9-12,14-15H2,1-3H3. The lowest BCUT2D eigenvalue weighted by atomic mass is 10.0. The minimum absolute atomic E-state index is 0.0726. The van der Waals surface area contributed by atoms with Crippen molar-refractivity contribution in [1.82, 2.24) is 9.88 Å². The Labute approximate surface area is 194 Å². The molecular weight excluding hydrogens is 420 g/mol. The first-order valence-electron chi connectivity index (χ1n) is 11.2. The van der Waals surface area contributed by atoms with Gasteiger partial charge in [-0.15, -0.1) is 0 Å². The quantitative estimate of drug-likeness (QED) is 0.511. The molecule has 0 N–H and O–H groups in total. The van der Waals surface area contributed by atoms with Crippen LogP contribution in [0.25, 0.3) is 10.9 Å². The van der Waals surface area contributed by atoms with Crippen molar-refractivity contribution >= 4 is 16.8 Å². The number of aromatic nitrogens is 1. The number of hydrogen-bond donors (Lipinski definition) is 0. The highest BCUT2D eigenvalue weighted by Crippen LogP contribution is 2.35. The summed E-state index contributed by atoms with van der Waals surface area (Å²) in [6.45, 7) is 1.36. The van der Waals surface area contributed by atoms with E-state index in [1.807, 2.05) is 47.4 Å². The van der Waals surface area contributed by atoms with Crippen molar-refractivity contribution in [3.63, 3.8) is 0 Å². The average Bonchev–Trinajstić information content (AvgIpc) is 2.87. The van der Waals surface area contributed by atoms with Crippen molar-refractivity contribution in [2.24, 2.45) is 0 Å². The number of carbonyl (C=O) groups excluding carboxylic acids is 1. The Morgan fingerprint density at radius 3 is 2.33 bits per heavy atom. The zero-order chi connectivity index (χ0) is 23.2. The molecule has 0 saturated carbocycles. The number of fused-ring (bicyclic) bond motifs is 1. The normalized spacial score (nSPS) is 14.2. The molecule has 1 aliphatic heterocycles. The number of para-hydroxylation sites is 1. The smallest absolute Gasteiger partial charge is 0.222 e. The first kappa shape index (κ1) is 22.7. The van der Waals surface area contributed by atoms with Gasteiger partial charge in [0.2, 0.25) is 5.91 Å². The first-order valence-corrected chi connectivity index (χ1v) is 11.2. The molecule has 1 aromatic heterocycles. The Balaban J connectivity index is 1.34. The third-order valence-electron chi connectivity index (χ3n) is 6.09. The van der Waals surface area contributed by atoms with Crippen molar-refractivity contribution in [2.45, 2.75) is 31.8 Å². The molecular formula is C26H30N2O5. The second-order valence-corrected chi connectivity index (χ2v) is 8.04. The Hall–Kier alpha value is -3.48. The number of pyridine rings is 1. The van der Waals surface area contributed by atoms with Crippen LogP contribution in [0, 0.1) is 0 Å². The van der Waals surface area contributed by atoms with Crippen LogP contribution in [-0.2, 0) is 11.2 Å². The van der Waals surface area contributed by atoms with Crippen LogP contribution in [0.2, 0.25) is 0 Å². The topological polar surface area (TPSA) is 70.1 Å². The fourth-order valence-electron chi connectivity index (χ4n) is 4.29. The van der Waals surface area contributed by atoms with E-state index in [0.717, 1.165) is 35.1 Å². The van der Waals surface area contributed by atoms with Crippen LogP contribution in [0.4, 0.5) is 0 Å². The van der Waals surface area contributed by atoms with Crippen LogP contribution in [0.3, 0.4) is 0 Å². The van der Waals surface area contributed by atoms with E-state index in [9.17, 15) is 4.79 Å². The minimum Gasteiger partial charge on any atom is -0.496 e. The van der Waals surface area contributed by atoms with Gasteiger partial charge in [0.05, 0.1) is 21.3 Å². The van der Waals surface area contributed by atoms with Gasteiger partial charge in [-0.3, -0.25) is 9.78 Å². The summed E-state index contributed by atoms with van der Waals surface area (Å²) < 4.78 is 22.6. The number of ether oxygens (including phenoxy) is 4. The van der Waals surface area contributed by atoms with Gasteiger partial charge in [-0.25, -0.2) is 0 Å². The summed E-state index contributed by atoms with van der Waals surface area (Å²) in [4.78, 5) is 19.3. The van der Waals surface area contributed by atoms with E-state index in [1.165, 1.54) is 0 Å². The molecule has 0 aliphatic carbocycles. The monoisotopic (exact) mass is 450 g/mol. The number of rotatable bonds is 8. The van der Waals surface area contributed by atoms with Gasteiger partial charge < -0.3 is 23.8 Å². The van der Waals surface area contributed by atoms with Crippen LogP contribution in [0.1, 0.15) is 24.8 Å². The fourth-order valence-corrected chi connectivity index (χ4v) is 4.29. The highest BCUT2D eigenvalue weighted by atomic mass is 16.5. The third kappa shape index (κ3) is 5.13. The van der Waals surface area contributed by atoms with E-state index in [1.54, 1.807) is 27.5 Å².